The molecule has 2 aliphatic rings. The first-order valence-corrected chi connectivity index (χ1v) is 14.1. The predicted molar refractivity (Wildman–Crippen MR) is 149 cm³/mol. The van der Waals surface area contributed by atoms with Crippen molar-refractivity contribution >= 4 is 57.0 Å². The van der Waals surface area contributed by atoms with Crippen LogP contribution in [0.25, 0.3) is 11.8 Å². The van der Waals surface area contributed by atoms with Crippen LogP contribution in [0.2, 0.25) is 0 Å². The van der Waals surface area contributed by atoms with Crippen molar-refractivity contribution in [3.05, 3.63) is 104 Å². The second kappa shape index (κ2) is 9.07. The Hall–Kier alpha value is -2.69. The number of aryl methyl sites for hydroxylation is 1. The van der Waals surface area contributed by atoms with Crippen LogP contribution in [0, 0.1) is 3.57 Å². The normalized spacial score (nSPS) is 17.0. The number of phenols is 1. The van der Waals surface area contributed by atoms with Gasteiger partial charge >= 0.3 is 0 Å². The van der Waals surface area contributed by atoms with Crippen molar-refractivity contribution in [3.63, 3.8) is 0 Å². The fraction of sp³-hybridized carbons (Fsp3) is 0.185. The van der Waals surface area contributed by atoms with Gasteiger partial charge in [-0.1, -0.05) is 41.7 Å². The maximum Gasteiger partial charge on any atom is 0.271 e. The monoisotopic (exact) mass is 612 g/mol. The summed E-state index contributed by atoms with van der Waals surface area (Å²) in [5.74, 6) is 0.539. The number of aromatic hydroxyl groups is 1. The van der Waals surface area contributed by atoms with E-state index in [1.54, 1.807) is 17.4 Å². The average Bonchev–Trinajstić information content (AvgIpc) is 3.50. The summed E-state index contributed by atoms with van der Waals surface area (Å²) < 4.78 is 8.75. The summed E-state index contributed by atoms with van der Waals surface area (Å²) in [5.41, 5.74) is 5.46. The van der Waals surface area contributed by atoms with Crippen molar-refractivity contribution in [2.75, 3.05) is 6.61 Å². The largest absolute Gasteiger partial charge is 0.504 e. The van der Waals surface area contributed by atoms with Crippen LogP contribution >= 0.6 is 45.3 Å². The van der Waals surface area contributed by atoms with Crippen LogP contribution in [0.15, 0.2) is 69.3 Å². The molecule has 2 aromatic heterocycles. The highest BCUT2D eigenvalue weighted by Gasteiger charge is 2.33. The van der Waals surface area contributed by atoms with Gasteiger partial charge in [-0.15, -0.1) is 11.3 Å². The molecule has 8 heteroatoms. The zero-order chi connectivity index (χ0) is 24.1. The van der Waals surface area contributed by atoms with Crippen LogP contribution in [0.3, 0.4) is 0 Å². The summed E-state index contributed by atoms with van der Waals surface area (Å²) in [6.07, 6.45) is 3.70. The number of nitrogens with zero attached hydrogens (tertiary/aromatic N) is 2. The highest BCUT2D eigenvalue weighted by molar-refractivity contribution is 14.1. The third-order valence-electron chi connectivity index (χ3n) is 6.33. The zero-order valence-electron chi connectivity index (χ0n) is 18.8. The van der Waals surface area contributed by atoms with Gasteiger partial charge in [0.2, 0.25) is 0 Å². The van der Waals surface area contributed by atoms with Crippen molar-refractivity contribution in [3.8, 4) is 11.5 Å². The number of hydrogen-bond donors (Lipinski definition) is 1. The molecule has 1 atom stereocenters. The number of fused-ring (bicyclic) bond motifs is 3. The summed E-state index contributed by atoms with van der Waals surface area (Å²) in [5, 5.41) is 12.4. The highest BCUT2D eigenvalue weighted by Crippen LogP contribution is 2.42. The summed E-state index contributed by atoms with van der Waals surface area (Å²) in [6.45, 7) is 2.32. The molecule has 0 bridgehead atoms. The van der Waals surface area contributed by atoms with Gasteiger partial charge in [0.05, 0.1) is 26.4 Å². The number of hydrogen-bond acceptors (Lipinski definition) is 6. The molecule has 4 aromatic rings. The van der Waals surface area contributed by atoms with Gasteiger partial charge in [-0.25, -0.2) is 4.99 Å². The van der Waals surface area contributed by atoms with Gasteiger partial charge in [-0.3, -0.25) is 9.36 Å². The van der Waals surface area contributed by atoms with Gasteiger partial charge in [0.15, 0.2) is 16.3 Å². The number of thiophene rings is 1. The lowest BCUT2D eigenvalue weighted by molar-refractivity contribution is 0.317. The van der Waals surface area contributed by atoms with E-state index in [1.807, 2.05) is 29.7 Å². The van der Waals surface area contributed by atoms with E-state index in [1.165, 1.54) is 28.0 Å². The molecule has 0 saturated heterocycles. The third-order valence-corrected chi connectivity index (χ3v) is 9.06. The molecule has 1 aliphatic carbocycles. The minimum atomic E-state index is -0.143. The van der Waals surface area contributed by atoms with Crippen molar-refractivity contribution in [1.82, 2.24) is 4.57 Å². The first-order chi connectivity index (χ1) is 17.0. The molecule has 0 fully saturated rings. The van der Waals surface area contributed by atoms with Gasteiger partial charge in [0.25, 0.3) is 5.56 Å². The van der Waals surface area contributed by atoms with E-state index < -0.39 is 0 Å². The van der Waals surface area contributed by atoms with Crippen molar-refractivity contribution in [2.45, 2.75) is 25.8 Å². The van der Waals surface area contributed by atoms with E-state index in [0.29, 0.717) is 25.3 Å². The molecule has 1 N–H and O–H groups in total. The minimum Gasteiger partial charge on any atom is -0.504 e. The number of rotatable bonds is 4. The Labute approximate surface area is 223 Å². The van der Waals surface area contributed by atoms with Gasteiger partial charge in [0, 0.05) is 10.4 Å². The van der Waals surface area contributed by atoms with E-state index in [-0.39, 0.29) is 17.4 Å². The molecule has 3 heterocycles. The number of allylic oxidation sites excluding steroid dienone is 1. The number of phenolic OH excluding ortho intramolecular Hbond substituents is 1. The maximum atomic E-state index is 13.8. The molecule has 0 saturated carbocycles. The second-order valence-electron chi connectivity index (χ2n) is 8.41. The number of thiazole rings is 1. The topological polar surface area (TPSA) is 63.8 Å². The van der Waals surface area contributed by atoms with Gasteiger partial charge < -0.3 is 9.84 Å². The first-order valence-electron chi connectivity index (χ1n) is 11.4. The Morgan fingerprint density at radius 2 is 2.09 bits per heavy atom. The average molecular weight is 613 g/mol. The zero-order valence-corrected chi connectivity index (χ0v) is 22.6. The Bertz CT molecular complexity index is 1670. The summed E-state index contributed by atoms with van der Waals surface area (Å²) in [6, 6.07) is 16.1. The molecule has 5 nitrogen and oxygen atoms in total. The lowest BCUT2D eigenvalue weighted by Gasteiger charge is -2.30. The molecule has 0 spiro atoms. The molecule has 0 radical (unpaired) electrons. The predicted octanol–water partition coefficient (Wildman–Crippen LogP) is 5.09. The number of halogens is 1. The van der Waals surface area contributed by atoms with Crippen LogP contribution < -0.4 is 19.6 Å². The highest BCUT2D eigenvalue weighted by atomic mass is 127. The summed E-state index contributed by atoms with van der Waals surface area (Å²) in [4.78, 5) is 20.7. The third kappa shape index (κ3) is 3.88. The Balaban J connectivity index is 1.58. The maximum absolute atomic E-state index is 13.8. The Morgan fingerprint density at radius 3 is 2.89 bits per heavy atom. The van der Waals surface area contributed by atoms with Crippen LogP contribution in [-0.2, 0) is 6.42 Å². The van der Waals surface area contributed by atoms with Crippen LogP contribution in [0.5, 0.6) is 11.5 Å². The Morgan fingerprint density at radius 1 is 1.23 bits per heavy atom. The molecule has 2 aromatic carbocycles. The minimum absolute atomic E-state index is 0.0430. The standard InChI is InChI=1S/C27H21IN2O3S2/c1-2-33-20-13-15(12-19(28)25(20)31)14-22-26(32)30-24(21-8-5-11-34-21)18-10-9-16-6-3-4-7-17(16)23(18)29-27(30)35-22/h3-8,11-14,24,31H,2,9-10H2,1H3/b22-14+/t24-/m0/s1. The van der Waals surface area contributed by atoms with Crippen LogP contribution in [0.1, 0.15) is 41.0 Å². The van der Waals surface area contributed by atoms with Crippen molar-refractivity contribution in [1.29, 1.82) is 0 Å². The fourth-order valence-corrected chi connectivity index (χ4v) is 7.29. The molecule has 1 aliphatic heterocycles. The smallest absolute Gasteiger partial charge is 0.271 e. The van der Waals surface area contributed by atoms with Crippen LogP contribution in [0.4, 0.5) is 0 Å². The lowest BCUT2D eigenvalue weighted by atomic mass is 9.85. The van der Waals surface area contributed by atoms with Crippen molar-refractivity contribution < 1.29 is 9.84 Å². The molecule has 0 amide bonds. The quantitative estimate of drug-likeness (QED) is 0.327. The van der Waals surface area contributed by atoms with Gasteiger partial charge in [-0.2, -0.15) is 0 Å². The SMILES string of the molecule is CCOc1cc(/C=c2/sc3n(c2=O)[C@H](c2cccs2)C2=C(N=3)c3ccccc3CC2)cc(I)c1O. The van der Waals surface area contributed by atoms with E-state index in [4.69, 9.17) is 9.73 Å². The molecule has 6 rings (SSSR count). The van der Waals surface area contributed by atoms with E-state index in [9.17, 15) is 9.90 Å². The Kier molecular flexibility index (Phi) is 5.90. The lowest BCUT2D eigenvalue weighted by Crippen LogP contribution is -2.38. The number of ether oxygens (including phenoxy) is 1. The number of aromatic nitrogens is 1. The van der Waals surface area contributed by atoms with Gasteiger partial charge in [-0.05, 0) is 88.7 Å². The fourth-order valence-electron chi connectivity index (χ4n) is 4.81. The first kappa shape index (κ1) is 22.8. The summed E-state index contributed by atoms with van der Waals surface area (Å²) in [7, 11) is 0. The molecular weight excluding hydrogens is 591 g/mol. The van der Waals surface area contributed by atoms with E-state index in [2.05, 4.69) is 58.3 Å². The molecule has 0 unspecified atom stereocenters. The van der Waals surface area contributed by atoms with Crippen molar-refractivity contribution in [2.24, 2.45) is 4.99 Å². The molecule has 176 valence electrons. The van der Waals surface area contributed by atoms with E-state index in [0.717, 1.165) is 29.0 Å². The number of benzene rings is 2. The molecule has 35 heavy (non-hydrogen) atoms. The van der Waals surface area contributed by atoms with E-state index >= 15 is 0 Å². The van der Waals surface area contributed by atoms with Gasteiger partial charge in [0.1, 0.15) is 0 Å². The molecular formula is C27H21IN2O3S2. The second-order valence-corrected chi connectivity index (χ2v) is 11.6. The summed E-state index contributed by atoms with van der Waals surface area (Å²) >= 11 is 5.17. The van der Waals surface area contributed by atoms with Crippen LogP contribution in [-0.4, -0.2) is 16.3 Å².